The van der Waals surface area contributed by atoms with Crippen LogP contribution in [0.15, 0.2) is 72.8 Å². The van der Waals surface area contributed by atoms with Crippen molar-refractivity contribution >= 4 is 22.9 Å². The van der Waals surface area contributed by atoms with Gasteiger partial charge in [-0.2, -0.15) is 0 Å². The van der Waals surface area contributed by atoms with Gasteiger partial charge in [-0.05, 0) is 55.3 Å². The van der Waals surface area contributed by atoms with Crippen molar-refractivity contribution in [3.05, 3.63) is 95.1 Å². The van der Waals surface area contributed by atoms with E-state index in [0.717, 1.165) is 0 Å². The molecule has 0 fully saturated rings. The predicted octanol–water partition coefficient (Wildman–Crippen LogP) is 6.95. The van der Waals surface area contributed by atoms with E-state index >= 15 is 0 Å². The van der Waals surface area contributed by atoms with E-state index < -0.39 is 0 Å². The molecule has 4 aromatic carbocycles. The van der Waals surface area contributed by atoms with Crippen molar-refractivity contribution in [1.29, 1.82) is 0 Å². The zero-order valence-corrected chi connectivity index (χ0v) is 17.3. The molecule has 0 unspecified atom stereocenters. The number of rotatable bonds is 6. The standard InChI is InChI=1S/C28H24O2/c1-29-17-19-3-7-21(8-4-19)25-15-13-23-11-12-24-14-16-26(28(25)27(23)24)22-9-5-20(6-10-22)18-30-2/h3-16H,17-18H2,1-2H3. The van der Waals surface area contributed by atoms with Crippen molar-refractivity contribution in [1.82, 2.24) is 0 Å². The Morgan fingerprint density at radius 1 is 0.500 bits per heavy atom. The highest BCUT2D eigenvalue weighted by molar-refractivity contribution is 6.15. The first kappa shape index (κ1) is 18.8. The van der Waals surface area contributed by atoms with Gasteiger partial charge in [0.2, 0.25) is 0 Å². The average molecular weight is 392 g/mol. The molecule has 0 bridgehead atoms. The molecule has 0 amide bonds. The van der Waals surface area contributed by atoms with Gasteiger partial charge in [0.1, 0.15) is 0 Å². The van der Waals surface area contributed by atoms with Crippen molar-refractivity contribution in [2.24, 2.45) is 0 Å². The molecule has 0 atom stereocenters. The third-order valence-corrected chi connectivity index (χ3v) is 5.82. The Labute approximate surface area is 177 Å². The SMILES string of the molecule is COCc1ccc(-c2ccc3c4c(ccc(-c5ccc(COC)cc5)c24)C=C3)cc1. The van der Waals surface area contributed by atoms with Crippen molar-refractivity contribution in [3.63, 3.8) is 0 Å². The summed E-state index contributed by atoms with van der Waals surface area (Å²) in [5.74, 6) is 0. The summed E-state index contributed by atoms with van der Waals surface area (Å²) in [4.78, 5) is 0. The lowest BCUT2D eigenvalue weighted by Gasteiger charge is -2.15. The first-order valence-electron chi connectivity index (χ1n) is 10.2. The Balaban J connectivity index is 1.71. The minimum Gasteiger partial charge on any atom is -0.380 e. The van der Waals surface area contributed by atoms with E-state index in [2.05, 4.69) is 84.9 Å². The summed E-state index contributed by atoms with van der Waals surface area (Å²) in [6, 6.07) is 26.4. The van der Waals surface area contributed by atoms with Crippen LogP contribution in [0.2, 0.25) is 0 Å². The molecule has 0 heterocycles. The van der Waals surface area contributed by atoms with E-state index in [1.807, 2.05) is 0 Å². The lowest BCUT2D eigenvalue weighted by molar-refractivity contribution is 0.185. The van der Waals surface area contributed by atoms with Gasteiger partial charge in [0, 0.05) is 14.2 Å². The van der Waals surface area contributed by atoms with Gasteiger partial charge in [0.25, 0.3) is 0 Å². The predicted molar refractivity (Wildman–Crippen MR) is 125 cm³/mol. The summed E-state index contributed by atoms with van der Waals surface area (Å²) in [7, 11) is 3.46. The second kappa shape index (κ2) is 7.91. The molecule has 0 aliphatic heterocycles. The lowest BCUT2D eigenvalue weighted by Crippen LogP contribution is -1.92. The molecule has 1 aliphatic carbocycles. The van der Waals surface area contributed by atoms with Crippen LogP contribution in [0.5, 0.6) is 0 Å². The fourth-order valence-electron chi connectivity index (χ4n) is 4.38. The zero-order chi connectivity index (χ0) is 20.5. The van der Waals surface area contributed by atoms with Crippen LogP contribution in [0.25, 0.3) is 45.2 Å². The van der Waals surface area contributed by atoms with Crippen molar-refractivity contribution < 1.29 is 9.47 Å². The Hall–Kier alpha value is -3.20. The Morgan fingerprint density at radius 2 is 0.933 bits per heavy atom. The smallest absolute Gasteiger partial charge is 0.0713 e. The normalized spacial score (nSPS) is 12.1. The molecule has 148 valence electrons. The van der Waals surface area contributed by atoms with E-state index in [0.29, 0.717) is 13.2 Å². The van der Waals surface area contributed by atoms with Gasteiger partial charge in [-0.15, -0.1) is 0 Å². The maximum absolute atomic E-state index is 5.27. The molecule has 30 heavy (non-hydrogen) atoms. The third-order valence-electron chi connectivity index (χ3n) is 5.82. The summed E-state index contributed by atoms with van der Waals surface area (Å²) in [5, 5.41) is 2.65. The summed E-state index contributed by atoms with van der Waals surface area (Å²) >= 11 is 0. The second-order valence-corrected chi connectivity index (χ2v) is 7.75. The van der Waals surface area contributed by atoms with Gasteiger partial charge in [-0.3, -0.25) is 0 Å². The first-order chi connectivity index (χ1) is 14.8. The molecule has 0 N–H and O–H groups in total. The van der Waals surface area contributed by atoms with Crippen molar-refractivity contribution in [3.8, 4) is 22.3 Å². The highest BCUT2D eigenvalue weighted by Crippen LogP contribution is 2.42. The van der Waals surface area contributed by atoms with E-state index in [4.69, 9.17) is 9.47 Å². The molecule has 2 nitrogen and oxygen atoms in total. The monoisotopic (exact) mass is 392 g/mol. The minimum absolute atomic E-state index is 0.632. The highest BCUT2D eigenvalue weighted by atomic mass is 16.5. The van der Waals surface area contributed by atoms with E-state index in [1.165, 1.54) is 55.3 Å². The molecule has 0 radical (unpaired) electrons. The first-order valence-corrected chi connectivity index (χ1v) is 10.2. The molecule has 5 rings (SSSR count). The molecule has 4 aromatic rings. The maximum Gasteiger partial charge on any atom is 0.0713 e. The second-order valence-electron chi connectivity index (χ2n) is 7.75. The summed E-state index contributed by atoms with van der Waals surface area (Å²) in [6.07, 6.45) is 4.43. The molecule has 0 saturated heterocycles. The molecule has 2 heteroatoms. The minimum atomic E-state index is 0.632. The topological polar surface area (TPSA) is 18.5 Å². The fraction of sp³-hybridized carbons (Fsp3) is 0.143. The third kappa shape index (κ3) is 3.24. The van der Waals surface area contributed by atoms with Crippen LogP contribution in [0.3, 0.4) is 0 Å². The van der Waals surface area contributed by atoms with Crippen LogP contribution >= 0.6 is 0 Å². The van der Waals surface area contributed by atoms with Crippen molar-refractivity contribution in [2.75, 3.05) is 14.2 Å². The Bertz CT molecular complexity index is 1140. The lowest BCUT2D eigenvalue weighted by atomic mass is 9.88. The quantitative estimate of drug-likeness (QED) is 0.311. The van der Waals surface area contributed by atoms with Gasteiger partial charge < -0.3 is 9.47 Å². The maximum atomic E-state index is 5.27. The van der Waals surface area contributed by atoms with Crippen LogP contribution in [-0.2, 0) is 22.7 Å². The van der Waals surface area contributed by atoms with Crippen LogP contribution in [0.4, 0.5) is 0 Å². The van der Waals surface area contributed by atoms with Crippen LogP contribution in [0.1, 0.15) is 22.3 Å². The number of hydrogen-bond acceptors (Lipinski definition) is 2. The van der Waals surface area contributed by atoms with Gasteiger partial charge in [-0.25, -0.2) is 0 Å². The fourth-order valence-corrected chi connectivity index (χ4v) is 4.38. The number of hydrogen-bond donors (Lipinski definition) is 0. The summed E-state index contributed by atoms with van der Waals surface area (Å²) in [5.41, 5.74) is 9.92. The average Bonchev–Trinajstić information content (AvgIpc) is 3.21. The van der Waals surface area contributed by atoms with Crippen LogP contribution in [-0.4, -0.2) is 14.2 Å². The van der Waals surface area contributed by atoms with E-state index in [-0.39, 0.29) is 0 Å². The molecule has 0 saturated carbocycles. The molecular formula is C28H24O2. The molecule has 1 aliphatic rings. The van der Waals surface area contributed by atoms with Crippen LogP contribution < -0.4 is 0 Å². The largest absolute Gasteiger partial charge is 0.380 e. The highest BCUT2D eigenvalue weighted by Gasteiger charge is 2.17. The molecule has 0 aromatic heterocycles. The van der Waals surface area contributed by atoms with Gasteiger partial charge in [-0.1, -0.05) is 84.9 Å². The summed E-state index contributed by atoms with van der Waals surface area (Å²) in [6.45, 7) is 1.26. The zero-order valence-electron chi connectivity index (χ0n) is 17.3. The number of ether oxygens (including phenoxy) is 2. The van der Waals surface area contributed by atoms with Gasteiger partial charge >= 0.3 is 0 Å². The number of methoxy groups -OCH3 is 2. The summed E-state index contributed by atoms with van der Waals surface area (Å²) < 4.78 is 10.5. The van der Waals surface area contributed by atoms with Crippen molar-refractivity contribution in [2.45, 2.75) is 13.2 Å². The Kier molecular flexibility index (Phi) is 4.96. The molecular weight excluding hydrogens is 368 g/mol. The van der Waals surface area contributed by atoms with Gasteiger partial charge in [0.15, 0.2) is 0 Å². The number of benzene rings is 4. The van der Waals surface area contributed by atoms with E-state index in [9.17, 15) is 0 Å². The van der Waals surface area contributed by atoms with Gasteiger partial charge in [0.05, 0.1) is 13.2 Å². The Morgan fingerprint density at radius 3 is 1.33 bits per heavy atom. The van der Waals surface area contributed by atoms with E-state index in [1.54, 1.807) is 14.2 Å². The van der Waals surface area contributed by atoms with Crippen LogP contribution in [0, 0.1) is 0 Å². The molecule has 0 spiro atoms.